The molecule has 0 saturated carbocycles. The van der Waals surface area contributed by atoms with Gasteiger partial charge in [0.2, 0.25) is 0 Å². The molecule has 2 aromatic heterocycles. The van der Waals surface area contributed by atoms with Gasteiger partial charge in [0.05, 0.1) is 11.5 Å². The highest BCUT2D eigenvalue weighted by atomic mass is 32.1. The Morgan fingerprint density at radius 1 is 1.36 bits per heavy atom. The first kappa shape index (κ1) is 15.6. The number of aromatic nitrogens is 2. The summed E-state index contributed by atoms with van der Waals surface area (Å²) in [5, 5.41) is 6.62. The summed E-state index contributed by atoms with van der Waals surface area (Å²) in [6.07, 6.45) is 4.26. The van der Waals surface area contributed by atoms with Crippen LogP contribution < -0.4 is 5.32 Å². The zero-order chi connectivity index (χ0) is 15.2. The molecular weight excluding hydrogens is 298 g/mol. The second kappa shape index (κ2) is 7.85. The third-order valence-corrected chi connectivity index (χ3v) is 4.63. The monoisotopic (exact) mass is 321 g/mol. The first-order valence-corrected chi connectivity index (χ1v) is 8.92. The van der Waals surface area contributed by atoms with Crippen LogP contribution in [0.5, 0.6) is 0 Å². The Morgan fingerprint density at radius 3 is 3.05 bits per heavy atom. The lowest BCUT2D eigenvalue weighted by molar-refractivity contribution is -0.0316. The van der Waals surface area contributed by atoms with Crippen LogP contribution in [0.3, 0.4) is 0 Å². The fourth-order valence-corrected chi connectivity index (χ4v) is 3.35. The number of thiophene rings is 1. The Balaban J connectivity index is 1.47. The molecule has 2 aromatic rings. The number of nitrogens with one attached hydrogen (secondary N) is 1. The zero-order valence-electron chi connectivity index (χ0n) is 13.0. The fraction of sp³-hybridized carbons (Fsp3) is 0.625. The maximum atomic E-state index is 5.89. The molecule has 1 fully saturated rings. The Kier molecular flexibility index (Phi) is 5.58. The van der Waals surface area contributed by atoms with Gasteiger partial charge >= 0.3 is 0 Å². The Bertz CT molecular complexity index is 596. The number of hydrogen-bond acceptors (Lipinski definition) is 6. The van der Waals surface area contributed by atoms with E-state index in [1.807, 2.05) is 0 Å². The van der Waals surface area contributed by atoms with Gasteiger partial charge in [-0.05, 0) is 30.7 Å². The number of anilines is 1. The maximum Gasteiger partial charge on any atom is 0.138 e. The van der Waals surface area contributed by atoms with Gasteiger partial charge in [0.25, 0.3) is 0 Å². The number of aryl methyl sites for hydroxylation is 1. The topological polar surface area (TPSA) is 56.3 Å². The highest BCUT2D eigenvalue weighted by molar-refractivity contribution is 7.16. The molecule has 3 heterocycles. The van der Waals surface area contributed by atoms with E-state index in [0.29, 0.717) is 6.10 Å². The highest BCUT2D eigenvalue weighted by Crippen LogP contribution is 2.25. The van der Waals surface area contributed by atoms with Crippen molar-refractivity contribution < 1.29 is 9.47 Å². The van der Waals surface area contributed by atoms with Crippen LogP contribution in [0.25, 0.3) is 10.2 Å². The molecule has 1 aliphatic heterocycles. The third-order valence-electron chi connectivity index (χ3n) is 3.82. The van der Waals surface area contributed by atoms with Crippen molar-refractivity contribution in [1.82, 2.24) is 9.97 Å². The number of fused-ring (bicyclic) bond motifs is 1. The van der Waals surface area contributed by atoms with Crippen molar-refractivity contribution in [3.63, 3.8) is 0 Å². The Labute approximate surface area is 135 Å². The molecule has 0 spiro atoms. The average Bonchev–Trinajstić information content (AvgIpc) is 3.04. The smallest absolute Gasteiger partial charge is 0.138 e. The van der Waals surface area contributed by atoms with Gasteiger partial charge in [-0.25, -0.2) is 9.97 Å². The van der Waals surface area contributed by atoms with E-state index in [1.165, 1.54) is 0 Å². The zero-order valence-corrected chi connectivity index (χ0v) is 13.8. The van der Waals surface area contributed by atoms with E-state index in [2.05, 4.69) is 33.7 Å². The van der Waals surface area contributed by atoms with Crippen LogP contribution in [0.1, 0.15) is 32.0 Å². The van der Waals surface area contributed by atoms with E-state index >= 15 is 0 Å². The summed E-state index contributed by atoms with van der Waals surface area (Å²) in [7, 11) is 0. The number of rotatable bonds is 7. The van der Waals surface area contributed by atoms with E-state index in [0.717, 1.165) is 73.9 Å². The summed E-state index contributed by atoms with van der Waals surface area (Å²) < 4.78 is 11.2. The molecule has 6 heteroatoms. The molecule has 5 nitrogen and oxygen atoms in total. The van der Waals surface area contributed by atoms with Crippen molar-refractivity contribution >= 4 is 27.4 Å². The van der Waals surface area contributed by atoms with Crippen LogP contribution in [0.4, 0.5) is 5.82 Å². The van der Waals surface area contributed by atoms with Crippen LogP contribution in [-0.4, -0.2) is 42.4 Å². The van der Waals surface area contributed by atoms with Crippen molar-refractivity contribution in [3.05, 3.63) is 17.3 Å². The summed E-state index contributed by atoms with van der Waals surface area (Å²) in [6.45, 7) is 5.41. The molecule has 120 valence electrons. The van der Waals surface area contributed by atoms with Gasteiger partial charge in [-0.3, -0.25) is 0 Å². The van der Waals surface area contributed by atoms with Crippen LogP contribution in [-0.2, 0) is 15.9 Å². The molecule has 3 rings (SSSR count). The second-order valence-electron chi connectivity index (χ2n) is 5.44. The van der Waals surface area contributed by atoms with Crippen LogP contribution in [0.2, 0.25) is 0 Å². The first-order chi connectivity index (χ1) is 10.9. The summed E-state index contributed by atoms with van der Waals surface area (Å²) in [4.78, 5) is 10.2. The predicted molar refractivity (Wildman–Crippen MR) is 89.7 cm³/mol. The van der Waals surface area contributed by atoms with Crippen molar-refractivity contribution in [1.29, 1.82) is 0 Å². The van der Waals surface area contributed by atoms with Gasteiger partial charge in [-0.15, -0.1) is 11.3 Å². The van der Waals surface area contributed by atoms with E-state index in [9.17, 15) is 0 Å². The number of hydrogen-bond donors (Lipinski definition) is 1. The number of ether oxygens (including phenoxy) is 2. The lowest BCUT2D eigenvalue weighted by Crippen LogP contribution is -2.24. The van der Waals surface area contributed by atoms with Crippen LogP contribution >= 0.6 is 11.3 Å². The van der Waals surface area contributed by atoms with E-state index in [4.69, 9.17) is 9.47 Å². The van der Waals surface area contributed by atoms with Crippen LogP contribution in [0.15, 0.2) is 11.4 Å². The van der Waals surface area contributed by atoms with Crippen LogP contribution in [0, 0.1) is 0 Å². The van der Waals surface area contributed by atoms with Gasteiger partial charge in [0.1, 0.15) is 16.5 Å². The molecular formula is C16H23N3O2S. The lowest BCUT2D eigenvalue weighted by Gasteiger charge is -2.22. The summed E-state index contributed by atoms with van der Waals surface area (Å²) in [6, 6.07) is 2.08. The molecule has 1 saturated heterocycles. The first-order valence-electron chi connectivity index (χ1n) is 8.04. The van der Waals surface area contributed by atoms with Gasteiger partial charge in [-0.1, -0.05) is 6.92 Å². The van der Waals surface area contributed by atoms with Crippen molar-refractivity contribution in [2.45, 2.75) is 38.7 Å². The van der Waals surface area contributed by atoms with E-state index < -0.39 is 0 Å². The highest BCUT2D eigenvalue weighted by Gasteiger charge is 2.13. The summed E-state index contributed by atoms with van der Waals surface area (Å²) in [5.74, 6) is 1.85. The minimum absolute atomic E-state index is 0.378. The average molecular weight is 321 g/mol. The lowest BCUT2D eigenvalue weighted by atomic mass is 10.1. The predicted octanol–water partition coefficient (Wildman–Crippen LogP) is 3.25. The van der Waals surface area contributed by atoms with Gasteiger partial charge in [-0.2, -0.15) is 0 Å². The minimum Gasteiger partial charge on any atom is -0.381 e. The largest absolute Gasteiger partial charge is 0.381 e. The maximum absolute atomic E-state index is 5.89. The minimum atomic E-state index is 0.378. The van der Waals surface area contributed by atoms with Crippen molar-refractivity contribution in [2.24, 2.45) is 0 Å². The van der Waals surface area contributed by atoms with Crippen molar-refractivity contribution in [3.8, 4) is 0 Å². The second-order valence-corrected chi connectivity index (χ2v) is 6.34. The molecule has 0 aromatic carbocycles. The summed E-state index contributed by atoms with van der Waals surface area (Å²) >= 11 is 1.67. The molecule has 1 aliphatic rings. The molecule has 0 unspecified atom stereocenters. The Morgan fingerprint density at radius 2 is 2.23 bits per heavy atom. The normalized spacial score (nSPS) is 16.2. The van der Waals surface area contributed by atoms with E-state index in [-0.39, 0.29) is 0 Å². The molecule has 22 heavy (non-hydrogen) atoms. The van der Waals surface area contributed by atoms with Gasteiger partial charge in [0.15, 0.2) is 0 Å². The molecule has 0 amide bonds. The van der Waals surface area contributed by atoms with E-state index in [1.54, 1.807) is 11.3 Å². The number of nitrogens with zero attached hydrogens (tertiary/aromatic N) is 2. The molecule has 0 atom stereocenters. The standard InChI is InChI=1S/C16H23N3O2S/c1-2-14-18-15(13-6-11-22-16(13)19-14)17-7-3-8-21-12-4-9-20-10-5-12/h6,11-12H,2-5,7-10H2,1H3,(H,17,18,19). The SMILES string of the molecule is CCc1nc(NCCCOC2CCOCC2)c2ccsc2n1. The molecule has 1 N–H and O–H groups in total. The van der Waals surface area contributed by atoms with Gasteiger partial charge < -0.3 is 14.8 Å². The van der Waals surface area contributed by atoms with Crippen molar-refractivity contribution in [2.75, 3.05) is 31.7 Å². The quantitative estimate of drug-likeness (QED) is 0.793. The van der Waals surface area contributed by atoms with Gasteiger partial charge in [0, 0.05) is 32.8 Å². The molecule has 0 aliphatic carbocycles. The molecule has 0 radical (unpaired) electrons. The molecule has 0 bridgehead atoms. The fourth-order valence-electron chi connectivity index (χ4n) is 2.56. The third kappa shape index (κ3) is 3.94. The summed E-state index contributed by atoms with van der Waals surface area (Å²) in [5.41, 5.74) is 0. The Hall–Kier alpha value is -1.24.